The molecule has 0 saturated carbocycles. The maximum absolute atomic E-state index is 12.9. The molecule has 6 nitrogen and oxygen atoms in total. The average molecular weight is 585 g/mol. The number of unbranched alkanes of at least 4 members (excludes halogenated alkanes) is 14. The maximum atomic E-state index is 12.9. The zero-order chi connectivity index (χ0) is 29.7. The van der Waals surface area contributed by atoms with Gasteiger partial charge in [0, 0.05) is 19.6 Å². The van der Waals surface area contributed by atoms with E-state index in [1.807, 2.05) is 19.0 Å². The number of likely N-dealkylation sites (N-methyl/N-ethyl adjacent to an activating group) is 1. The van der Waals surface area contributed by atoms with Gasteiger partial charge in [-0.15, -0.1) is 0 Å². The summed E-state index contributed by atoms with van der Waals surface area (Å²) < 4.78 is 32.7. The Morgan fingerprint density at radius 2 is 1.18 bits per heavy atom. The van der Waals surface area contributed by atoms with Crippen molar-refractivity contribution in [2.24, 2.45) is 0 Å². The molecule has 0 fully saturated rings. The molecule has 0 unspecified atom stereocenters. The van der Waals surface area contributed by atoms with Crippen molar-refractivity contribution in [3.05, 3.63) is 24.3 Å². The highest BCUT2D eigenvalue weighted by Gasteiger charge is 2.22. The molecule has 0 aliphatic heterocycles. The fourth-order valence-corrected chi connectivity index (χ4v) is 6.02. The quantitative estimate of drug-likeness (QED) is 0.0503. The number of ether oxygens (including phenoxy) is 1. The maximum Gasteiger partial charge on any atom is 0.307 e. The highest BCUT2D eigenvalue weighted by molar-refractivity contribution is 7.89. The van der Waals surface area contributed by atoms with Crippen LogP contribution < -0.4 is 0 Å². The van der Waals surface area contributed by atoms with Crippen LogP contribution in [0.1, 0.15) is 136 Å². The van der Waals surface area contributed by atoms with Gasteiger partial charge in [0.15, 0.2) is 0 Å². The molecule has 0 aliphatic rings. The van der Waals surface area contributed by atoms with Crippen molar-refractivity contribution in [2.75, 3.05) is 46.1 Å². The summed E-state index contributed by atoms with van der Waals surface area (Å²) in [6, 6.07) is 0. The Hall–Kier alpha value is -1.18. The monoisotopic (exact) mass is 584 g/mol. The van der Waals surface area contributed by atoms with Crippen molar-refractivity contribution >= 4 is 16.0 Å². The van der Waals surface area contributed by atoms with Crippen molar-refractivity contribution < 1.29 is 17.9 Å². The SMILES string of the molecule is CCCCC/C=C\C/C=C\CCCCCCCCOC(=O)CCN(CCN(C)C)S(=O)(=O)CCCCCCCC. The van der Waals surface area contributed by atoms with Crippen LogP contribution in [0.15, 0.2) is 24.3 Å². The molecule has 0 aromatic carbocycles. The summed E-state index contributed by atoms with van der Waals surface area (Å²) in [6.07, 6.45) is 29.7. The van der Waals surface area contributed by atoms with Gasteiger partial charge in [-0.05, 0) is 59.0 Å². The van der Waals surface area contributed by atoms with Crippen molar-refractivity contribution in [3.8, 4) is 0 Å². The molecule has 0 heterocycles. The van der Waals surface area contributed by atoms with E-state index in [0.717, 1.165) is 44.9 Å². The minimum absolute atomic E-state index is 0.116. The topological polar surface area (TPSA) is 66.9 Å². The first kappa shape index (κ1) is 38.8. The van der Waals surface area contributed by atoms with Crippen molar-refractivity contribution in [1.82, 2.24) is 9.21 Å². The highest BCUT2D eigenvalue weighted by Crippen LogP contribution is 2.11. The standard InChI is InChI=1S/C33H64N2O4S/c1-5-7-9-11-13-14-15-16-17-18-19-20-21-22-23-25-31-39-33(36)27-28-35(30-29-34(3)4)40(37,38)32-26-24-12-10-8-6-2/h13-14,16-17H,5-12,15,18-32H2,1-4H3/b14-13-,17-16-. The second-order valence-corrected chi connectivity index (χ2v) is 13.4. The van der Waals surface area contributed by atoms with Gasteiger partial charge in [-0.2, -0.15) is 0 Å². The lowest BCUT2D eigenvalue weighted by atomic mass is 10.1. The lowest BCUT2D eigenvalue weighted by Crippen LogP contribution is -2.39. The molecule has 0 atom stereocenters. The largest absolute Gasteiger partial charge is 0.466 e. The number of carbonyl (C=O) groups excluding carboxylic acids is 1. The Kier molecular flexibility index (Phi) is 27.1. The number of esters is 1. The van der Waals surface area contributed by atoms with E-state index in [1.54, 1.807) is 0 Å². The fraction of sp³-hybridized carbons (Fsp3) is 0.848. The second kappa shape index (κ2) is 28.0. The summed E-state index contributed by atoms with van der Waals surface area (Å²) in [5.41, 5.74) is 0. The van der Waals surface area contributed by atoms with Gasteiger partial charge in [-0.3, -0.25) is 4.79 Å². The van der Waals surface area contributed by atoms with Gasteiger partial charge in [-0.25, -0.2) is 12.7 Å². The van der Waals surface area contributed by atoms with Crippen LogP contribution in [0.3, 0.4) is 0 Å². The first-order chi connectivity index (χ1) is 19.3. The van der Waals surface area contributed by atoms with Crippen molar-refractivity contribution in [2.45, 2.75) is 136 Å². The normalized spacial score (nSPS) is 12.4. The van der Waals surface area contributed by atoms with Crippen molar-refractivity contribution in [3.63, 3.8) is 0 Å². The molecular formula is C33H64N2O4S. The van der Waals surface area contributed by atoms with E-state index in [1.165, 1.54) is 68.5 Å². The number of rotatable bonds is 29. The Balaban J connectivity index is 3.97. The van der Waals surface area contributed by atoms with E-state index >= 15 is 0 Å². The molecule has 236 valence electrons. The van der Waals surface area contributed by atoms with E-state index in [2.05, 4.69) is 38.2 Å². The van der Waals surface area contributed by atoms with Crippen LogP contribution in [0, 0.1) is 0 Å². The number of sulfonamides is 1. The molecule has 0 N–H and O–H groups in total. The van der Waals surface area contributed by atoms with E-state index < -0.39 is 10.0 Å². The molecular weight excluding hydrogens is 520 g/mol. The molecule has 0 aromatic heterocycles. The Bertz CT molecular complexity index is 735. The van der Waals surface area contributed by atoms with Gasteiger partial charge in [0.25, 0.3) is 0 Å². The molecule has 7 heteroatoms. The van der Waals surface area contributed by atoms with Gasteiger partial charge < -0.3 is 9.64 Å². The summed E-state index contributed by atoms with van der Waals surface area (Å²) in [5.74, 6) is -0.138. The number of hydrogen-bond donors (Lipinski definition) is 0. The highest BCUT2D eigenvalue weighted by atomic mass is 32.2. The Morgan fingerprint density at radius 3 is 1.80 bits per heavy atom. The number of carbonyl (C=O) groups is 1. The molecule has 0 rings (SSSR count). The van der Waals surface area contributed by atoms with E-state index in [0.29, 0.717) is 26.1 Å². The Morgan fingerprint density at radius 1 is 0.650 bits per heavy atom. The van der Waals surface area contributed by atoms with Crippen molar-refractivity contribution in [1.29, 1.82) is 0 Å². The number of nitrogens with zero attached hydrogens (tertiary/aromatic N) is 2. The zero-order valence-electron chi connectivity index (χ0n) is 26.7. The Labute approximate surface area is 249 Å². The fourth-order valence-electron chi connectivity index (χ4n) is 4.46. The molecule has 0 bridgehead atoms. The van der Waals surface area contributed by atoms with Crippen LogP contribution in [-0.4, -0.2) is 69.7 Å². The van der Waals surface area contributed by atoms with Crippen LogP contribution in [-0.2, 0) is 19.6 Å². The summed E-state index contributed by atoms with van der Waals surface area (Å²) in [4.78, 5) is 14.2. The van der Waals surface area contributed by atoms with Crippen LogP contribution in [0.4, 0.5) is 0 Å². The minimum Gasteiger partial charge on any atom is -0.466 e. The smallest absolute Gasteiger partial charge is 0.307 e. The molecule has 0 aromatic rings. The lowest BCUT2D eigenvalue weighted by molar-refractivity contribution is -0.143. The van der Waals surface area contributed by atoms with Gasteiger partial charge in [0.2, 0.25) is 10.0 Å². The van der Waals surface area contributed by atoms with E-state index in [9.17, 15) is 13.2 Å². The number of hydrogen-bond acceptors (Lipinski definition) is 5. The average Bonchev–Trinajstić information content (AvgIpc) is 2.92. The van der Waals surface area contributed by atoms with Gasteiger partial charge in [0.1, 0.15) is 0 Å². The molecule has 0 saturated heterocycles. The minimum atomic E-state index is -3.37. The predicted octanol–water partition coefficient (Wildman–Crippen LogP) is 8.29. The lowest BCUT2D eigenvalue weighted by Gasteiger charge is -2.23. The molecule has 40 heavy (non-hydrogen) atoms. The molecule has 0 radical (unpaired) electrons. The van der Waals surface area contributed by atoms with Crippen LogP contribution in [0.5, 0.6) is 0 Å². The second-order valence-electron chi connectivity index (χ2n) is 11.3. The van der Waals surface area contributed by atoms with Crippen LogP contribution in [0.2, 0.25) is 0 Å². The van der Waals surface area contributed by atoms with E-state index in [4.69, 9.17) is 4.74 Å². The van der Waals surface area contributed by atoms with E-state index in [-0.39, 0.29) is 24.7 Å². The van der Waals surface area contributed by atoms with Crippen LogP contribution >= 0.6 is 0 Å². The summed E-state index contributed by atoms with van der Waals surface area (Å²) >= 11 is 0. The third-order valence-corrected chi connectivity index (χ3v) is 9.08. The zero-order valence-corrected chi connectivity index (χ0v) is 27.5. The van der Waals surface area contributed by atoms with Crippen LogP contribution in [0.25, 0.3) is 0 Å². The summed E-state index contributed by atoms with van der Waals surface area (Å²) in [6.45, 7) is 6.09. The first-order valence-electron chi connectivity index (χ1n) is 16.4. The molecule has 0 amide bonds. The van der Waals surface area contributed by atoms with Gasteiger partial charge in [0.05, 0.1) is 18.8 Å². The molecule has 0 aliphatic carbocycles. The number of allylic oxidation sites excluding steroid dienone is 4. The summed E-state index contributed by atoms with van der Waals surface area (Å²) in [5, 5.41) is 0. The summed E-state index contributed by atoms with van der Waals surface area (Å²) in [7, 11) is 0.493. The predicted molar refractivity (Wildman–Crippen MR) is 172 cm³/mol. The third kappa shape index (κ3) is 25.8. The van der Waals surface area contributed by atoms with Gasteiger partial charge in [-0.1, -0.05) is 109 Å². The third-order valence-electron chi connectivity index (χ3n) is 7.12. The molecule has 0 spiro atoms. The first-order valence-corrected chi connectivity index (χ1v) is 18.0. The van der Waals surface area contributed by atoms with Gasteiger partial charge >= 0.3 is 5.97 Å².